The number of rotatable bonds is 3. The normalized spacial score (nSPS) is 10.1. The molecule has 0 atom stereocenters. The fourth-order valence-corrected chi connectivity index (χ4v) is 1.52. The summed E-state index contributed by atoms with van der Waals surface area (Å²) < 4.78 is 0. The highest BCUT2D eigenvalue weighted by Gasteiger charge is 2.05. The molecule has 0 bridgehead atoms. The van der Waals surface area contributed by atoms with E-state index in [2.05, 4.69) is 15.5 Å². The fraction of sp³-hybridized carbons (Fsp3) is 0.154. The van der Waals surface area contributed by atoms with E-state index in [1.54, 1.807) is 24.3 Å². The molecule has 5 heteroatoms. The van der Waals surface area contributed by atoms with Gasteiger partial charge in [-0.3, -0.25) is 4.79 Å². The molecule has 1 amide bonds. The van der Waals surface area contributed by atoms with Gasteiger partial charge in [-0.15, -0.1) is 5.10 Å². The van der Waals surface area contributed by atoms with E-state index < -0.39 is 0 Å². The quantitative estimate of drug-likeness (QED) is 0.923. The molecule has 0 spiro atoms. The van der Waals surface area contributed by atoms with E-state index in [1.807, 2.05) is 19.1 Å². The molecule has 0 radical (unpaired) electrons. The van der Waals surface area contributed by atoms with Crippen LogP contribution in [-0.2, 0) is 6.54 Å². The number of hydrogen-bond donors (Lipinski definition) is 1. The minimum Gasteiger partial charge on any atom is -0.346 e. The van der Waals surface area contributed by atoms with Crippen molar-refractivity contribution in [2.75, 3.05) is 0 Å². The van der Waals surface area contributed by atoms with Crippen LogP contribution in [0.1, 0.15) is 21.6 Å². The van der Waals surface area contributed by atoms with E-state index in [-0.39, 0.29) is 5.91 Å². The third-order valence-corrected chi connectivity index (χ3v) is 2.63. The predicted octanol–water partition coefficient (Wildman–Crippen LogP) is 2.37. The van der Waals surface area contributed by atoms with E-state index in [0.29, 0.717) is 23.0 Å². The smallest absolute Gasteiger partial charge is 0.251 e. The number of nitrogens with one attached hydrogen (secondary N) is 1. The SMILES string of the molecule is Cc1ccc(C(=O)NCc2ccc(Cl)nn2)cc1. The van der Waals surface area contributed by atoms with E-state index in [1.165, 1.54) is 0 Å². The van der Waals surface area contributed by atoms with Crippen molar-refractivity contribution in [1.82, 2.24) is 15.5 Å². The molecule has 18 heavy (non-hydrogen) atoms. The van der Waals surface area contributed by atoms with Gasteiger partial charge in [-0.1, -0.05) is 29.3 Å². The van der Waals surface area contributed by atoms with Gasteiger partial charge < -0.3 is 5.32 Å². The summed E-state index contributed by atoms with van der Waals surface area (Å²) in [4.78, 5) is 11.8. The molecule has 0 aliphatic heterocycles. The summed E-state index contributed by atoms with van der Waals surface area (Å²) in [6.07, 6.45) is 0. The van der Waals surface area contributed by atoms with Crippen LogP contribution in [-0.4, -0.2) is 16.1 Å². The number of nitrogens with zero attached hydrogens (tertiary/aromatic N) is 2. The van der Waals surface area contributed by atoms with Gasteiger partial charge in [0.15, 0.2) is 5.15 Å². The van der Waals surface area contributed by atoms with Gasteiger partial charge in [0.1, 0.15) is 0 Å². The number of carbonyl (C=O) groups excluding carboxylic acids is 1. The first-order valence-electron chi connectivity index (χ1n) is 5.48. The van der Waals surface area contributed by atoms with E-state index >= 15 is 0 Å². The van der Waals surface area contributed by atoms with Crippen molar-refractivity contribution in [2.24, 2.45) is 0 Å². The Kier molecular flexibility index (Phi) is 3.89. The zero-order valence-electron chi connectivity index (χ0n) is 9.85. The first kappa shape index (κ1) is 12.5. The highest BCUT2D eigenvalue weighted by atomic mass is 35.5. The second kappa shape index (κ2) is 5.60. The van der Waals surface area contributed by atoms with Crippen LogP contribution in [0.5, 0.6) is 0 Å². The minimum atomic E-state index is -0.133. The van der Waals surface area contributed by atoms with Crippen LogP contribution in [0, 0.1) is 6.92 Å². The Bertz CT molecular complexity index is 537. The first-order valence-corrected chi connectivity index (χ1v) is 5.86. The number of aromatic nitrogens is 2. The third kappa shape index (κ3) is 3.28. The average Bonchev–Trinajstić information content (AvgIpc) is 2.38. The molecule has 0 fully saturated rings. The fourth-order valence-electron chi connectivity index (χ4n) is 1.42. The highest BCUT2D eigenvalue weighted by molar-refractivity contribution is 6.29. The Morgan fingerprint density at radius 1 is 1.17 bits per heavy atom. The molecule has 0 saturated carbocycles. The van der Waals surface area contributed by atoms with Crippen molar-refractivity contribution in [3.05, 3.63) is 58.4 Å². The standard InChI is InChI=1S/C13H12ClN3O/c1-9-2-4-10(5-3-9)13(18)15-8-11-6-7-12(14)17-16-11/h2-7H,8H2,1H3,(H,15,18). The Balaban J connectivity index is 1.96. The maximum Gasteiger partial charge on any atom is 0.251 e. The number of hydrogen-bond acceptors (Lipinski definition) is 3. The van der Waals surface area contributed by atoms with Gasteiger partial charge in [0, 0.05) is 5.56 Å². The van der Waals surface area contributed by atoms with Crippen LogP contribution in [0.2, 0.25) is 5.15 Å². The zero-order chi connectivity index (χ0) is 13.0. The van der Waals surface area contributed by atoms with Crippen LogP contribution in [0.15, 0.2) is 36.4 Å². The molecule has 4 nitrogen and oxygen atoms in total. The second-order valence-electron chi connectivity index (χ2n) is 3.90. The molecule has 2 rings (SSSR count). The molecule has 1 aromatic carbocycles. The largest absolute Gasteiger partial charge is 0.346 e. The van der Waals surface area contributed by atoms with Crippen molar-refractivity contribution in [3.8, 4) is 0 Å². The molecular weight excluding hydrogens is 250 g/mol. The number of halogens is 1. The molecule has 0 aliphatic carbocycles. The van der Waals surface area contributed by atoms with Crippen molar-refractivity contribution < 1.29 is 4.79 Å². The van der Waals surface area contributed by atoms with Crippen molar-refractivity contribution in [2.45, 2.75) is 13.5 Å². The van der Waals surface area contributed by atoms with Crippen molar-refractivity contribution in [3.63, 3.8) is 0 Å². The third-order valence-electron chi connectivity index (χ3n) is 2.43. The lowest BCUT2D eigenvalue weighted by Crippen LogP contribution is -2.23. The van der Waals surface area contributed by atoms with E-state index in [9.17, 15) is 4.79 Å². The summed E-state index contributed by atoms with van der Waals surface area (Å²) >= 11 is 5.62. The van der Waals surface area contributed by atoms with Crippen LogP contribution >= 0.6 is 11.6 Å². The number of aryl methyl sites for hydroxylation is 1. The molecule has 2 aromatic rings. The Labute approximate surface area is 110 Å². The molecule has 0 saturated heterocycles. The van der Waals surface area contributed by atoms with Crippen molar-refractivity contribution in [1.29, 1.82) is 0 Å². The number of benzene rings is 1. The summed E-state index contributed by atoms with van der Waals surface area (Å²) in [6.45, 7) is 2.31. The van der Waals surface area contributed by atoms with Gasteiger partial charge in [-0.2, -0.15) is 5.10 Å². The average molecular weight is 262 g/mol. The highest BCUT2D eigenvalue weighted by Crippen LogP contribution is 2.04. The molecule has 0 aliphatic rings. The lowest BCUT2D eigenvalue weighted by Gasteiger charge is -2.04. The number of carbonyl (C=O) groups is 1. The van der Waals surface area contributed by atoms with Crippen LogP contribution in [0.4, 0.5) is 0 Å². The van der Waals surface area contributed by atoms with E-state index in [4.69, 9.17) is 11.6 Å². The summed E-state index contributed by atoms with van der Waals surface area (Å²) in [5, 5.41) is 10.7. The Morgan fingerprint density at radius 2 is 1.89 bits per heavy atom. The van der Waals surface area contributed by atoms with Crippen LogP contribution in [0.25, 0.3) is 0 Å². The molecule has 1 N–H and O–H groups in total. The van der Waals surface area contributed by atoms with Gasteiger partial charge in [-0.25, -0.2) is 0 Å². The molecular formula is C13H12ClN3O. The lowest BCUT2D eigenvalue weighted by molar-refractivity contribution is 0.0950. The molecule has 1 heterocycles. The van der Waals surface area contributed by atoms with Gasteiger partial charge in [-0.05, 0) is 31.2 Å². The topological polar surface area (TPSA) is 54.9 Å². The summed E-state index contributed by atoms with van der Waals surface area (Å²) in [7, 11) is 0. The van der Waals surface area contributed by atoms with Crippen LogP contribution < -0.4 is 5.32 Å². The lowest BCUT2D eigenvalue weighted by atomic mass is 10.1. The molecule has 92 valence electrons. The summed E-state index contributed by atoms with van der Waals surface area (Å²) in [5.74, 6) is -0.133. The van der Waals surface area contributed by atoms with Crippen molar-refractivity contribution >= 4 is 17.5 Å². The predicted molar refractivity (Wildman–Crippen MR) is 69.4 cm³/mol. The second-order valence-corrected chi connectivity index (χ2v) is 4.28. The molecule has 0 unspecified atom stereocenters. The Hall–Kier alpha value is -1.94. The minimum absolute atomic E-state index is 0.133. The Morgan fingerprint density at radius 3 is 2.50 bits per heavy atom. The monoisotopic (exact) mass is 261 g/mol. The number of amides is 1. The summed E-state index contributed by atoms with van der Waals surface area (Å²) in [6, 6.07) is 10.7. The summed E-state index contributed by atoms with van der Waals surface area (Å²) in [5.41, 5.74) is 2.41. The first-order chi connectivity index (χ1) is 8.65. The zero-order valence-corrected chi connectivity index (χ0v) is 10.6. The van der Waals surface area contributed by atoms with Gasteiger partial charge >= 0.3 is 0 Å². The van der Waals surface area contributed by atoms with Gasteiger partial charge in [0.2, 0.25) is 0 Å². The van der Waals surface area contributed by atoms with Crippen LogP contribution in [0.3, 0.4) is 0 Å². The maximum absolute atomic E-state index is 11.8. The van der Waals surface area contributed by atoms with E-state index in [0.717, 1.165) is 5.56 Å². The maximum atomic E-state index is 11.8. The van der Waals surface area contributed by atoms with Gasteiger partial charge in [0.05, 0.1) is 12.2 Å². The van der Waals surface area contributed by atoms with Gasteiger partial charge in [0.25, 0.3) is 5.91 Å². The molecule has 1 aromatic heterocycles.